The molecule has 0 spiro atoms. The summed E-state index contributed by atoms with van der Waals surface area (Å²) in [6.45, 7) is 7.28. The Morgan fingerprint density at radius 3 is 2.38 bits per heavy atom. The van der Waals surface area contributed by atoms with Crippen LogP contribution in [0.3, 0.4) is 0 Å². The largest absolute Gasteiger partial charge is 0.299 e. The van der Waals surface area contributed by atoms with Crippen LogP contribution in [0.5, 0.6) is 0 Å². The maximum absolute atomic E-state index is 11.5. The Hall–Kier alpha value is -0.920. The van der Waals surface area contributed by atoms with E-state index >= 15 is 0 Å². The van der Waals surface area contributed by atoms with E-state index < -0.39 is 5.92 Å². The van der Waals surface area contributed by atoms with Gasteiger partial charge in [0.15, 0.2) is 5.78 Å². The number of hydrogen-bond acceptors (Lipinski definition) is 2. The van der Waals surface area contributed by atoms with Gasteiger partial charge in [0.2, 0.25) is 0 Å². The highest BCUT2D eigenvalue weighted by Crippen LogP contribution is 2.11. The zero-order chi connectivity index (χ0) is 10.3. The van der Waals surface area contributed by atoms with E-state index in [1.807, 2.05) is 13.8 Å². The van der Waals surface area contributed by atoms with Crippen molar-refractivity contribution in [3.8, 4) is 0 Å². The lowest BCUT2D eigenvalue weighted by Gasteiger charge is -2.09. The van der Waals surface area contributed by atoms with Gasteiger partial charge in [0.25, 0.3) is 0 Å². The fourth-order valence-corrected chi connectivity index (χ4v) is 1.26. The van der Waals surface area contributed by atoms with Gasteiger partial charge in [-0.1, -0.05) is 26.8 Å². The molecule has 2 heteroatoms. The van der Waals surface area contributed by atoms with Crippen molar-refractivity contribution in [3.05, 3.63) is 12.7 Å². The Kier molecular flexibility index (Phi) is 6.11. The predicted molar refractivity (Wildman–Crippen MR) is 53.5 cm³/mol. The van der Waals surface area contributed by atoms with Gasteiger partial charge >= 0.3 is 0 Å². The summed E-state index contributed by atoms with van der Waals surface area (Å²) in [5, 5.41) is 0. The van der Waals surface area contributed by atoms with Crippen molar-refractivity contribution in [1.82, 2.24) is 0 Å². The Morgan fingerprint density at radius 1 is 1.38 bits per heavy atom. The second kappa shape index (κ2) is 6.58. The highest BCUT2D eigenvalue weighted by atomic mass is 16.1. The highest BCUT2D eigenvalue weighted by Gasteiger charge is 2.20. The van der Waals surface area contributed by atoms with Crippen molar-refractivity contribution < 1.29 is 9.59 Å². The van der Waals surface area contributed by atoms with Gasteiger partial charge in [-0.2, -0.15) is 0 Å². The van der Waals surface area contributed by atoms with Gasteiger partial charge in [-0.05, 0) is 18.9 Å². The number of Topliss-reactive ketones (excluding diaryl/α,β-unsaturated/α-hetero) is 1. The Morgan fingerprint density at radius 2 is 2.00 bits per heavy atom. The number of rotatable bonds is 7. The quantitative estimate of drug-likeness (QED) is 0.448. The van der Waals surface area contributed by atoms with Crippen LogP contribution in [0.2, 0.25) is 0 Å². The third kappa shape index (κ3) is 4.02. The van der Waals surface area contributed by atoms with Crippen LogP contribution in [-0.4, -0.2) is 11.6 Å². The topological polar surface area (TPSA) is 34.1 Å². The molecular formula is C11H18O2. The summed E-state index contributed by atoms with van der Waals surface area (Å²) in [7, 11) is 0. The first-order chi connectivity index (χ1) is 6.17. The van der Waals surface area contributed by atoms with Gasteiger partial charge in [-0.25, -0.2) is 0 Å². The standard InChI is InChI=1S/C11H18O2/c1-4-7-8-11(13)9(5-2)10(12)6-3/h6,9H,3-5,7-8H2,1-2H3/t9-/m1/s1. The summed E-state index contributed by atoms with van der Waals surface area (Å²) in [6.07, 6.45) is 4.23. The number of carbonyl (C=O) groups is 2. The molecule has 0 aliphatic heterocycles. The van der Waals surface area contributed by atoms with Crippen LogP contribution >= 0.6 is 0 Å². The molecule has 0 heterocycles. The molecule has 0 unspecified atom stereocenters. The first-order valence-corrected chi connectivity index (χ1v) is 4.86. The van der Waals surface area contributed by atoms with E-state index in [0.717, 1.165) is 12.8 Å². The zero-order valence-electron chi connectivity index (χ0n) is 8.51. The molecule has 0 aromatic heterocycles. The highest BCUT2D eigenvalue weighted by molar-refractivity contribution is 6.07. The maximum atomic E-state index is 11.5. The number of carbonyl (C=O) groups excluding carboxylic acids is 2. The van der Waals surface area contributed by atoms with Gasteiger partial charge in [-0.15, -0.1) is 0 Å². The van der Waals surface area contributed by atoms with Gasteiger partial charge in [0.05, 0.1) is 5.92 Å². The molecule has 0 saturated carbocycles. The molecule has 2 nitrogen and oxygen atoms in total. The van der Waals surface area contributed by atoms with Crippen molar-refractivity contribution in [2.24, 2.45) is 5.92 Å². The fraction of sp³-hybridized carbons (Fsp3) is 0.636. The minimum Gasteiger partial charge on any atom is -0.299 e. The lowest BCUT2D eigenvalue weighted by atomic mass is 9.93. The summed E-state index contributed by atoms with van der Waals surface area (Å²) in [5.74, 6) is -0.512. The molecule has 13 heavy (non-hydrogen) atoms. The van der Waals surface area contributed by atoms with E-state index in [1.165, 1.54) is 6.08 Å². The lowest BCUT2D eigenvalue weighted by Crippen LogP contribution is -2.21. The molecule has 0 rings (SSSR count). The van der Waals surface area contributed by atoms with E-state index in [9.17, 15) is 9.59 Å². The molecule has 74 valence electrons. The zero-order valence-corrected chi connectivity index (χ0v) is 8.51. The average Bonchev–Trinajstić information content (AvgIpc) is 2.15. The molecule has 0 fully saturated rings. The van der Waals surface area contributed by atoms with Crippen molar-refractivity contribution in [1.29, 1.82) is 0 Å². The second-order valence-corrected chi connectivity index (χ2v) is 3.14. The number of hydrogen-bond donors (Lipinski definition) is 0. The van der Waals surface area contributed by atoms with Crippen LogP contribution in [0, 0.1) is 5.92 Å². The molecule has 0 aromatic rings. The lowest BCUT2D eigenvalue weighted by molar-refractivity contribution is -0.130. The molecular weight excluding hydrogens is 164 g/mol. The van der Waals surface area contributed by atoms with Gasteiger partial charge in [0, 0.05) is 6.42 Å². The summed E-state index contributed by atoms with van der Waals surface area (Å²) < 4.78 is 0. The normalized spacial score (nSPS) is 12.2. The van der Waals surface area contributed by atoms with E-state index in [2.05, 4.69) is 6.58 Å². The first-order valence-electron chi connectivity index (χ1n) is 4.86. The number of allylic oxidation sites excluding steroid dienone is 1. The smallest absolute Gasteiger partial charge is 0.165 e. The van der Waals surface area contributed by atoms with E-state index in [-0.39, 0.29) is 11.6 Å². The van der Waals surface area contributed by atoms with Crippen LogP contribution < -0.4 is 0 Å². The molecule has 0 aliphatic rings. The monoisotopic (exact) mass is 182 g/mol. The van der Waals surface area contributed by atoms with Crippen molar-refractivity contribution in [2.75, 3.05) is 0 Å². The Bertz CT molecular complexity index is 194. The van der Waals surface area contributed by atoms with Crippen LogP contribution in [0.15, 0.2) is 12.7 Å². The number of unbranched alkanes of at least 4 members (excludes halogenated alkanes) is 1. The molecule has 1 atom stereocenters. The average molecular weight is 182 g/mol. The summed E-state index contributed by atoms with van der Waals surface area (Å²) in [4.78, 5) is 22.7. The van der Waals surface area contributed by atoms with E-state index in [0.29, 0.717) is 12.8 Å². The Labute approximate surface area is 80.0 Å². The van der Waals surface area contributed by atoms with Crippen LogP contribution in [-0.2, 0) is 9.59 Å². The van der Waals surface area contributed by atoms with Crippen molar-refractivity contribution in [3.63, 3.8) is 0 Å². The van der Waals surface area contributed by atoms with E-state index in [4.69, 9.17) is 0 Å². The molecule has 0 N–H and O–H groups in total. The van der Waals surface area contributed by atoms with Crippen molar-refractivity contribution >= 4 is 11.6 Å². The van der Waals surface area contributed by atoms with Crippen molar-refractivity contribution in [2.45, 2.75) is 39.5 Å². The van der Waals surface area contributed by atoms with Crippen LogP contribution in [0.1, 0.15) is 39.5 Å². The van der Waals surface area contributed by atoms with Gasteiger partial charge in [0.1, 0.15) is 5.78 Å². The molecule has 0 saturated heterocycles. The third-order valence-corrected chi connectivity index (χ3v) is 2.12. The third-order valence-electron chi connectivity index (χ3n) is 2.12. The molecule has 0 bridgehead atoms. The molecule has 0 radical (unpaired) electrons. The Balaban J connectivity index is 4.14. The SMILES string of the molecule is C=CC(=O)[C@@H](CC)C(=O)CCCC. The predicted octanol–water partition coefficient (Wildman–Crippen LogP) is 2.53. The van der Waals surface area contributed by atoms with Crippen LogP contribution in [0.4, 0.5) is 0 Å². The minimum absolute atomic E-state index is 0.0641. The van der Waals surface area contributed by atoms with Crippen LogP contribution in [0.25, 0.3) is 0 Å². The van der Waals surface area contributed by atoms with Gasteiger partial charge < -0.3 is 0 Å². The summed E-state index contributed by atoms with van der Waals surface area (Å²) in [5.41, 5.74) is 0. The first kappa shape index (κ1) is 12.1. The molecule has 0 aliphatic carbocycles. The van der Waals surface area contributed by atoms with Gasteiger partial charge in [-0.3, -0.25) is 9.59 Å². The fourth-order valence-electron chi connectivity index (χ4n) is 1.26. The minimum atomic E-state index is -0.441. The summed E-state index contributed by atoms with van der Waals surface area (Å²) >= 11 is 0. The molecule has 0 amide bonds. The second-order valence-electron chi connectivity index (χ2n) is 3.14. The molecule has 0 aromatic carbocycles. The van der Waals surface area contributed by atoms with E-state index in [1.54, 1.807) is 0 Å². The maximum Gasteiger partial charge on any atom is 0.165 e. The number of ketones is 2. The summed E-state index contributed by atoms with van der Waals surface area (Å²) in [6, 6.07) is 0.